The molecule has 2 saturated heterocycles. The van der Waals surface area contributed by atoms with Crippen molar-refractivity contribution in [2.24, 2.45) is 0 Å². The molecule has 0 amide bonds. The van der Waals surface area contributed by atoms with Gasteiger partial charge in [0.15, 0.2) is 5.78 Å². The summed E-state index contributed by atoms with van der Waals surface area (Å²) in [7, 11) is 0. The van der Waals surface area contributed by atoms with Crippen molar-refractivity contribution in [3.63, 3.8) is 0 Å². The molecule has 1 aromatic heterocycles. The van der Waals surface area contributed by atoms with E-state index in [2.05, 4.69) is 39.8 Å². The fourth-order valence-corrected chi connectivity index (χ4v) is 6.79. The Bertz CT molecular complexity index is 1870. The summed E-state index contributed by atoms with van der Waals surface area (Å²) in [6.45, 7) is 13.5. The number of ketones is 1. The third-order valence-electron chi connectivity index (χ3n) is 9.93. The molecule has 3 aliphatic heterocycles. The van der Waals surface area contributed by atoms with Crippen LogP contribution in [0.4, 0.5) is 0 Å². The number of allylic oxidation sites excluding steroid dienone is 3. The van der Waals surface area contributed by atoms with Gasteiger partial charge in [-0.3, -0.25) is 4.79 Å². The molecule has 3 aromatic rings. The number of rotatable bonds is 12. The quantitative estimate of drug-likeness (QED) is 0.140. The molecule has 0 N–H and O–H groups in total. The molecular weight excluding hydrogens is 620 g/mol. The third-order valence-corrected chi connectivity index (χ3v) is 9.93. The Kier molecular flexibility index (Phi) is 8.84. The van der Waals surface area contributed by atoms with E-state index < -0.39 is 11.6 Å². The zero-order valence-corrected chi connectivity index (χ0v) is 29.3. The summed E-state index contributed by atoms with van der Waals surface area (Å²) >= 11 is 0. The number of benzene rings is 2. The SMILES string of the molecule is C/C(=C\COc1ccc2c(c1)O[C@@]1(C=C2)O[C@H](CC/C(C)=C/COc2c3c(cc4occc24)CC(=O)C=C3)C(C)(C)O1)CCC1OC1(C)C. The molecule has 1 unspecified atom stereocenters. The molecule has 258 valence electrons. The van der Waals surface area contributed by atoms with E-state index in [-0.39, 0.29) is 17.5 Å². The van der Waals surface area contributed by atoms with E-state index in [1.165, 1.54) is 11.1 Å². The Labute approximate surface area is 288 Å². The average Bonchev–Trinajstić information content (AvgIpc) is 3.31. The van der Waals surface area contributed by atoms with E-state index in [9.17, 15) is 4.79 Å². The van der Waals surface area contributed by atoms with Gasteiger partial charge in [0, 0.05) is 29.7 Å². The van der Waals surface area contributed by atoms with E-state index in [4.69, 9.17) is 32.8 Å². The van der Waals surface area contributed by atoms with Gasteiger partial charge in [0.1, 0.15) is 36.0 Å². The largest absolute Gasteiger partial charge is 0.489 e. The fraction of sp³-hybridized carbons (Fsp3) is 0.439. The van der Waals surface area contributed by atoms with Crippen LogP contribution in [0.2, 0.25) is 0 Å². The van der Waals surface area contributed by atoms with Crippen molar-refractivity contribution in [1.82, 2.24) is 0 Å². The smallest absolute Gasteiger partial charge is 0.350 e. The number of carbonyl (C=O) groups excluding carboxylic acids is 1. The summed E-state index contributed by atoms with van der Waals surface area (Å²) in [6, 6.07) is 9.69. The summed E-state index contributed by atoms with van der Waals surface area (Å²) in [4.78, 5) is 12.0. The maximum Gasteiger partial charge on any atom is 0.350 e. The van der Waals surface area contributed by atoms with Gasteiger partial charge in [-0.2, -0.15) is 0 Å². The number of epoxide rings is 1. The van der Waals surface area contributed by atoms with Crippen LogP contribution < -0.4 is 14.2 Å². The molecule has 49 heavy (non-hydrogen) atoms. The van der Waals surface area contributed by atoms with E-state index in [0.29, 0.717) is 31.5 Å². The normalized spacial score (nSPS) is 25.0. The number of hydrogen-bond acceptors (Lipinski definition) is 8. The first-order valence-corrected chi connectivity index (χ1v) is 17.3. The lowest BCUT2D eigenvalue weighted by Crippen LogP contribution is -2.38. The zero-order valence-electron chi connectivity index (χ0n) is 29.3. The summed E-state index contributed by atoms with van der Waals surface area (Å²) in [5.41, 5.74) is 5.46. The average molecular weight is 667 g/mol. The number of carbonyl (C=O) groups is 1. The van der Waals surface area contributed by atoms with Gasteiger partial charge in [-0.1, -0.05) is 11.1 Å². The molecule has 8 heteroatoms. The minimum atomic E-state index is -1.30. The first-order chi connectivity index (χ1) is 23.4. The molecule has 4 heterocycles. The molecule has 0 saturated carbocycles. The Balaban J connectivity index is 0.932. The lowest BCUT2D eigenvalue weighted by atomic mass is 9.94. The molecule has 0 bridgehead atoms. The standard InChI is InChI=1S/C41H46O8/c1-26(7-13-36-39(3,4)47-36)16-20-43-31-11-9-28-15-19-41(46-34(28)25-31)48-37(40(5,6)49-41)14-8-27(2)17-21-45-38-32-12-10-30(42)23-29(32)24-35-33(38)18-22-44-35/h9-12,15-19,22,24-25,36-37H,7-8,13-14,20-21,23H2,1-6H3/b26-16+,27-17+/t36?,37-,41+/m1/s1. The van der Waals surface area contributed by atoms with Crippen LogP contribution >= 0.6 is 0 Å². The summed E-state index contributed by atoms with van der Waals surface area (Å²) in [5, 5.41) is 0.902. The molecule has 0 radical (unpaired) electrons. The van der Waals surface area contributed by atoms with Gasteiger partial charge < -0.3 is 32.8 Å². The molecular formula is C41H46O8. The van der Waals surface area contributed by atoms with Crippen LogP contribution in [-0.2, 0) is 25.4 Å². The maximum absolute atomic E-state index is 12.0. The van der Waals surface area contributed by atoms with Gasteiger partial charge in [0.25, 0.3) is 0 Å². The second kappa shape index (κ2) is 13.0. The monoisotopic (exact) mass is 666 g/mol. The van der Waals surface area contributed by atoms with E-state index in [1.54, 1.807) is 12.3 Å². The van der Waals surface area contributed by atoms with E-state index in [1.807, 2.05) is 62.4 Å². The summed E-state index contributed by atoms with van der Waals surface area (Å²) in [6.07, 6.45) is 17.3. The van der Waals surface area contributed by atoms with Gasteiger partial charge in [-0.05, 0) is 127 Å². The van der Waals surface area contributed by atoms with Crippen molar-refractivity contribution in [2.45, 2.75) is 103 Å². The number of furan rings is 1. The molecule has 4 aliphatic rings. The second-order valence-corrected chi connectivity index (χ2v) is 14.6. The molecule has 7 rings (SSSR count). The van der Waals surface area contributed by atoms with Crippen LogP contribution in [0.3, 0.4) is 0 Å². The Morgan fingerprint density at radius 2 is 1.59 bits per heavy atom. The van der Waals surface area contributed by atoms with Crippen molar-refractivity contribution in [3.8, 4) is 17.2 Å². The third kappa shape index (κ3) is 7.28. The molecule has 3 atom stereocenters. The predicted octanol–water partition coefficient (Wildman–Crippen LogP) is 8.91. The predicted molar refractivity (Wildman–Crippen MR) is 189 cm³/mol. The molecule has 1 spiro atoms. The summed E-state index contributed by atoms with van der Waals surface area (Å²) < 4.78 is 43.1. The molecule has 1 aliphatic carbocycles. The van der Waals surface area contributed by atoms with Crippen molar-refractivity contribution < 1.29 is 37.6 Å². The molecule has 2 aromatic carbocycles. The van der Waals surface area contributed by atoms with Crippen molar-refractivity contribution >= 4 is 28.9 Å². The van der Waals surface area contributed by atoms with Crippen LogP contribution in [-0.4, -0.2) is 48.4 Å². The topological polar surface area (TPSA) is 88.9 Å². The zero-order chi connectivity index (χ0) is 34.4. The van der Waals surface area contributed by atoms with Gasteiger partial charge >= 0.3 is 5.97 Å². The van der Waals surface area contributed by atoms with Gasteiger partial charge in [-0.25, -0.2) is 0 Å². The molecule has 8 nitrogen and oxygen atoms in total. The van der Waals surface area contributed by atoms with Crippen LogP contribution in [0.15, 0.2) is 76.5 Å². The van der Waals surface area contributed by atoms with Crippen molar-refractivity contribution in [2.75, 3.05) is 13.2 Å². The lowest BCUT2D eigenvalue weighted by molar-refractivity contribution is -0.270. The molecule has 2 fully saturated rings. The fourth-order valence-electron chi connectivity index (χ4n) is 6.79. The minimum absolute atomic E-state index is 0.0283. The van der Waals surface area contributed by atoms with Crippen LogP contribution in [0.25, 0.3) is 23.1 Å². The second-order valence-electron chi connectivity index (χ2n) is 14.6. The van der Waals surface area contributed by atoms with Crippen LogP contribution in [0.5, 0.6) is 17.2 Å². The van der Waals surface area contributed by atoms with Crippen LogP contribution in [0, 0.1) is 0 Å². The highest BCUT2D eigenvalue weighted by Gasteiger charge is 2.54. The first kappa shape index (κ1) is 33.4. The van der Waals surface area contributed by atoms with E-state index >= 15 is 0 Å². The Morgan fingerprint density at radius 1 is 0.878 bits per heavy atom. The number of hydrogen-bond donors (Lipinski definition) is 0. The van der Waals surface area contributed by atoms with Crippen molar-refractivity contribution in [1.29, 1.82) is 0 Å². The lowest BCUT2D eigenvalue weighted by Gasteiger charge is -2.30. The number of ether oxygens (including phenoxy) is 6. The van der Waals surface area contributed by atoms with Crippen molar-refractivity contribution in [3.05, 3.63) is 88.7 Å². The Hall–Kier alpha value is -4.11. The minimum Gasteiger partial charge on any atom is -0.489 e. The van der Waals surface area contributed by atoms with Gasteiger partial charge in [0.05, 0.1) is 35.1 Å². The first-order valence-electron chi connectivity index (χ1n) is 17.3. The number of fused-ring (bicyclic) bond motifs is 3. The van der Waals surface area contributed by atoms with Gasteiger partial charge in [-0.15, -0.1) is 0 Å². The highest BCUT2D eigenvalue weighted by Crippen LogP contribution is 2.45. The van der Waals surface area contributed by atoms with Gasteiger partial charge in [0.2, 0.25) is 0 Å². The highest BCUT2D eigenvalue weighted by atomic mass is 16.9. The Morgan fingerprint density at radius 3 is 2.33 bits per heavy atom. The van der Waals surface area contributed by atoms with E-state index in [0.717, 1.165) is 64.8 Å². The highest BCUT2D eigenvalue weighted by molar-refractivity contribution is 6.02. The van der Waals surface area contributed by atoms with Crippen LogP contribution in [0.1, 0.15) is 83.9 Å². The summed E-state index contributed by atoms with van der Waals surface area (Å²) in [5.74, 6) is 0.911. The maximum atomic E-state index is 12.0.